The van der Waals surface area contributed by atoms with Crippen molar-refractivity contribution in [2.75, 3.05) is 24.2 Å². The first kappa shape index (κ1) is 13.6. The molecule has 0 aromatic carbocycles. The molecule has 0 bridgehead atoms. The summed E-state index contributed by atoms with van der Waals surface area (Å²) in [6, 6.07) is 0. The third-order valence-electron chi connectivity index (χ3n) is 3.71. The van der Waals surface area contributed by atoms with Gasteiger partial charge in [0.25, 0.3) is 0 Å². The highest BCUT2D eigenvalue weighted by molar-refractivity contribution is 9.10. The monoisotopic (exact) mass is 313 g/mol. The topological polar surface area (TPSA) is 62.4 Å². The average Bonchev–Trinajstić information content (AvgIpc) is 2.72. The van der Waals surface area contributed by atoms with Crippen LogP contribution in [0, 0.1) is 6.92 Å². The molecule has 100 valence electrons. The van der Waals surface area contributed by atoms with E-state index >= 15 is 0 Å². The molecule has 0 amide bonds. The van der Waals surface area contributed by atoms with Gasteiger partial charge in [0.1, 0.15) is 5.82 Å². The maximum atomic E-state index is 10.4. The van der Waals surface area contributed by atoms with Crippen molar-refractivity contribution in [2.24, 2.45) is 0 Å². The zero-order chi connectivity index (χ0) is 13.3. The van der Waals surface area contributed by atoms with Crippen molar-refractivity contribution in [3.05, 3.63) is 16.2 Å². The van der Waals surface area contributed by atoms with Gasteiger partial charge in [0.05, 0.1) is 22.0 Å². The zero-order valence-corrected chi connectivity index (χ0v) is 12.5. The van der Waals surface area contributed by atoms with Crippen LogP contribution in [-0.2, 0) is 0 Å². The van der Waals surface area contributed by atoms with E-state index in [2.05, 4.69) is 20.9 Å². The molecule has 3 N–H and O–H groups in total. The predicted octanol–water partition coefficient (Wildman–Crippen LogP) is 2.48. The highest BCUT2D eigenvalue weighted by atomic mass is 79.9. The van der Waals surface area contributed by atoms with Gasteiger partial charge in [0.2, 0.25) is 0 Å². The van der Waals surface area contributed by atoms with E-state index < -0.39 is 5.60 Å². The van der Waals surface area contributed by atoms with Crippen LogP contribution in [0.4, 0.5) is 11.5 Å². The van der Waals surface area contributed by atoms with Crippen molar-refractivity contribution in [2.45, 2.75) is 38.2 Å². The molecule has 0 unspecified atom stereocenters. The quantitative estimate of drug-likeness (QED) is 0.900. The van der Waals surface area contributed by atoms with Gasteiger partial charge in [-0.05, 0) is 41.3 Å². The Morgan fingerprint density at radius 1 is 1.50 bits per heavy atom. The number of rotatable bonds is 3. The SMILES string of the molecule is Cc1c(N)cnc(N(C)CC2(O)CCCC2)c1Br. The molecular weight excluding hydrogens is 294 g/mol. The Labute approximate surface area is 116 Å². The van der Waals surface area contributed by atoms with Crippen molar-refractivity contribution in [1.29, 1.82) is 0 Å². The molecule has 18 heavy (non-hydrogen) atoms. The number of nitrogens with two attached hydrogens (primary N) is 1. The average molecular weight is 314 g/mol. The van der Waals surface area contributed by atoms with E-state index in [9.17, 15) is 5.11 Å². The molecule has 1 aliphatic carbocycles. The Morgan fingerprint density at radius 3 is 2.72 bits per heavy atom. The molecule has 1 heterocycles. The van der Waals surface area contributed by atoms with Crippen LogP contribution in [0.15, 0.2) is 10.7 Å². The Morgan fingerprint density at radius 2 is 2.11 bits per heavy atom. The van der Waals surface area contributed by atoms with Gasteiger partial charge in [-0.1, -0.05) is 12.8 Å². The molecule has 0 radical (unpaired) electrons. The summed E-state index contributed by atoms with van der Waals surface area (Å²) < 4.78 is 0.909. The van der Waals surface area contributed by atoms with Crippen LogP contribution in [0.25, 0.3) is 0 Å². The summed E-state index contributed by atoms with van der Waals surface area (Å²) in [4.78, 5) is 6.36. The van der Waals surface area contributed by atoms with E-state index in [-0.39, 0.29) is 0 Å². The lowest BCUT2D eigenvalue weighted by Gasteiger charge is -2.30. The minimum atomic E-state index is -0.564. The molecule has 0 atom stereocenters. The van der Waals surface area contributed by atoms with Crippen LogP contribution in [0.3, 0.4) is 0 Å². The van der Waals surface area contributed by atoms with Gasteiger partial charge < -0.3 is 15.7 Å². The van der Waals surface area contributed by atoms with Crippen LogP contribution in [0.1, 0.15) is 31.2 Å². The van der Waals surface area contributed by atoms with Crippen molar-refractivity contribution >= 4 is 27.4 Å². The molecule has 0 aliphatic heterocycles. The van der Waals surface area contributed by atoms with Crippen molar-refractivity contribution in [1.82, 2.24) is 4.98 Å². The summed E-state index contributed by atoms with van der Waals surface area (Å²) in [5.74, 6) is 0.835. The van der Waals surface area contributed by atoms with E-state index in [1.54, 1.807) is 6.20 Å². The molecule has 1 saturated carbocycles. The number of halogens is 1. The number of pyridine rings is 1. The summed E-state index contributed by atoms with van der Waals surface area (Å²) in [7, 11) is 1.96. The Bertz CT molecular complexity index is 444. The number of hydrogen-bond donors (Lipinski definition) is 2. The summed E-state index contributed by atoms with van der Waals surface area (Å²) in [6.07, 6.45) is 5.65. The Balaban J connectivity index is 2.18. The van der Waals surface area contributed by atoms with Gasteiger partial charge in [0, 0.05) is 13.6 Å². The third-order valence-corrected chi connectivity index (χ3v) is 4.66. The summed E-state index contributed by atoms with van der Waals surface area (Å²) in [5.41, 5.74) is 6.92. The minimum absolute atomic E-state index is 0.564. The molecule has 2 rings (SSSR count). The lowest BCUT2D eigenvalue weighted by Crippen LogP contribution is -2.39. The van der Waals surface area contributed by atoms with E-state index in [1.165, 1.54) is 0 Å². The number of nitrogens with zero attached hydrogens (tertiary/aromatic N) is 2. The normalized spacial score (nSPS) is 18.0. The number of aliphatic hydroxyl groups is 1. The van der Waals surface area contributed by atoms with Gasteiger partial charge in [0.15, 0.2) is 0 Å². The molecule has 0 saturated heterocycles. The first-order valence-corrected chi connectivity index (χ1v) is 7.06. The van der Waals surface area contributed by atoms with E-state index in [0.29, 0.717) is 12.2 Å². The standard InChI is InChI=1S/C13H20BrN3O/c1-9-10(15)7-16-12(11(9)14)17(2)8-13(18)5-3-4-6-13/h7,18H,3-6,8,15H2,1-2H3. The van der Waals surface area contributed by atoms with Gasteiger partial charge in [-0.3, -0.25) is 0 Å². The summed E-state index contributed by atoms with van der Waals surface area (Å²) in [5, 5.41) is 10.4. The van der Waals surface area contributed by atoms with E-state index in [1.807, 2.05) is 18.9 Å². The second kappa shape index (κ2) is 5.05. The highest BCUT2D eigenvalue weighted by Gasteiger charge is 2.33. The van der Waals surface area contributed by atoms with Crippen LogP contribution in [0.2, 0.25) is 0 Å². The molecule has 1 aliphatic rings. The van der Waals surface area contributed by atoms with Gasteiger partial charge in [-0.25, -0.2) is 4.98 Å². The molecule has 5 heteroatoms. The maximum Gasteiger partial charge on any atom is 0.143 e. The molecule has 1 fully saturated rings. The van der Waals surface area contributed by atoms with Crippen molar-refractivity contribution in [3.8, 4) is 0 Å². The van der Waals surface area contributed by atoms with Crippen molar-refractivity contribution in [3.63, 3.8) is 0 Å². The third kappa shape index (κ3) is 2.62. The predicted molar refractivity (Wildman–Crippen MR) is 77.8 cm³/mol. The van der Waals surface area contributed by atoms with Crippen molar-refractivity contribution < 1.29 is 5.11 Å². The number of nitrogen functional groups attached to an aromatic ring is 1. The maximum absolute atomic E-state index is 10.4. The van der Waals surface area contributed by atoms with Crippen LogP contribution in [-0.4, -0.2) is 29.3 Å². The first-order chi connectivity index (χ1) is 8.43. The highest BCUT2D eigenvalue weighted by Crippen LogP contribution is 2.34. The fraction of sp³-hybridized carbons (Fsp3) is 0.615. The van der Waals surface area contributed by atoms with Gasteiger partial charge >= 0.3 is 0 Å². The molecule has 4 nitrogen and oxygen atoms in total. The fourth-order valence-corrected chi connectivity index (χ4v) is 3.19. The second-order valence-corrected chi connectivity index (χ2v) is 6.06. The van der Waals surface area contributed by atoms with Gasteiger partial charge in [-0.15, -0.1) is 0 Å². The largest absolute Gasteiger partial charge is 0.397 e. The Hall–Kier alpha value is -0.810. The lowest BCUT2D eigenvalue weighted by molar-refractivity contribution is 0.0557. The molecule has 0 spiro atoms. The number of anilines is 2. The Kier molecular flexibility index (Phi) is 3.82. The van der Waals surface area contributed by atoms with E-state index in [4.69, 9.17) is 5.73 Å². The lowest BCUT2D eigenvalue weighted by atomic mass is 10.0. The fourth-order valence-electron chi connectivity index (χ4n) is 2.55. The smallest absolute Gasteiger partial charge is 0.143 e. The van der Waals surface area contributed by atoms with Gasteiger partial charge in [-0.2, -0.15) is 0 Å². The molecule has 1 aromatic heterocycles. The van der Waals surface area contributed by atoms with Crippen LogP contribution in [0.5, 0.6) is 0 Å². The molecule has 1 aromatic rings. The number of aromatic nitrogens is 1. The summed E-state index contributed by atoms with van der Waals surface area (Å²) >= 11 is 3.53. The zero-order valence-electron chi connectivity index (χ0n) is 10.9. The van der Waals surface area contributed by atoms with Crippen LogP contribution < -0.4 is 10.6 Å². The summed E-state index contributed by atoms with van der Waals surface area (Å²) in [6.45, 7) is 2.57. The minimum Gasteiger partial charge on any atom is -0.397 e. The van der Waals surface area contributed by atoms with E-state index in [0.717, 1.165) is 41.5 Å². The number of hydrogen-bond acceptors (Lipinski definition) is 4. The molecular formula is C13H20BrN3O. The second-order valence-electron chi connectivity index (χ2n) is 5.26. The van der Waals surface area contributed by atoms with Crippen LogP contribution >= 0.6 is 15.9 Å². The first-order valence-electron chi connectivity index (χ1n) is 6.27. The number of likely N-dealkylation sites (N-methyl/N-ethyl adjacent to an activating group) is 1.